The van der Waals surface area contributed by atoms with Crippen molar-refractivity contribution >= 4 is 28.1 Å². The van der Waals surface area contributed by atoms with Crippen LogP contribution >= 0.6 is 11.5 Å². The van der Waals surface area contributed by atoms with Gasteiger partial charge in [-0.1, -0.05) is 12.1 Å². The molecule has 2 N–H and O–H groups in total. The molecular weight excluding hydrogens is 410 g/mol. The number of nitrogens with zero attached hydrogens (tertiary/aromatic N) is 3. The third kappa shape index (κ3) is 4.31. The summed E-state index contributed by atoms with van der Waals surface area (Å²) in [5.41, 5.74) is 0.362. The fourth-order valence-electron chi connectivity index (χ4n) is 3.46. The van der Waals surface area contributed by atoms with Gasteiger partial charge in [0.1, 0.15) is 22.3 Å². The molecule has 3 aromatic rings. The molecule has 1 amide bonds. The average Bonchev–Trinajstić information content (AvgIpc) is 3.07. The first kappa shape index (κ1) is 20.4. The van der Waals surface area contributed by atoms with Gasteiger partial charge in [-0.05, 0) is 55.1 Å². The Bertz CT molecular complexity index is 1040. The summed E-state index contributed by atoms with van der Waals surface area (Å²) in [5.74, 6) is -1.98. The second-order valence-electron chi connectivity index (χ2n) is 7.08. The van der Waals surface area contributed by atoms with Crippen molar-refractivity contribution in [1.82, 2.24) is 9.36 Å². The quantitative estimate of drug-likeness (QED) is 0.652. The molecule has 1 saturated heterocycles. The Morgan fingerprint density at radius 3 is 2.70 bits per heavy atom. The predicted molar refractivity (Wildman–Crippen MR) is 112 cm³/mol. The SMILES string of the molecule is O=C(Nc1cnsc1N1CCCC(O)CC1)c1cccc(-c2c(F)cccc2F)n1. The maximum absolute atomic E-state index is 14.1. The molecule has 9 heteroatoms. The van der Waals surface area contributed by atoms with Gasteiger partial charge in [-0.15, -0.1) is 0 Å². The molecule has 0 spiro atoms. The summed E-state index contributed by atoms with van der Waals surface area (Å²) in [6.07, 6.45) is 3.51. The summed E-state index contributed by atoms with van der Waals surface area (Å²) >= 11 is 1.27. The van der Waals surface area contributed by atoms with E-state index in [1.54, 1.807) is 6.20 Å². The van der Waals surface area contributed by atoms with Gasteiger partial charge < -0.3 is 15.3 Å². The van der Waals surface area contributed by atoms with Crippen LogP contribution in [0.3, 0.4) is 0 Å². The predicted octanol–water partition coefficient (Wildman–Crippen LogP) is 4.09. The van der Waals surface area contributed by atoms with Gasteiger partial charge in [0.15, 0.2) is 0 Å². The summed E-state index contributed by atoms with van der Waals surface area (Å²) in [4.78, 5) is 19.0. The standard InChI is InChI=1S/C21H20F2N4O2S/c22-14-5-1-6-15(23)19(14)16-7-2-8-17(25-16)20(29)26-18-12-24-30-21(18)27-10-3-4-13(28)9-11-27/h1-2,5-8,12-13,28H,3-4,9-11H2,(H,26,29). The van der Waals surface area contributed by atoms with E-state index in [-0.39, 0.29) is 23.1 Å². The van der Waals surface area contributed by atoms with Crippen LogP contribution in [0.4, 0.5) is 19.5 Å². The van der Waals surface area contributed by atoms with Crippen molar-refractivity contribution in [2.45, 2.75) is 25.4 Å². The number of anilines is 2. The van der Waals surface area contributed by atoms with Crippen molar-refractivity contribution in [3.05, 3.63) is 59.9 Å². The summed E-state index contributed by atoms with van der Waals surface area (Å²) in [7, 11) is 0. The van der Waals surface area contributed by atoms with Crippen LogP contribution in [0.25, 0.3) is 11.3 Å². The highest BCUT2D eigenvalue weighted by molar-refractivity contribution is 7.11. The normalized spacial score (nSPS) is 16.9. The number of carbonyl (C=O) groups excluding carboxylic acids is 1. The number of pyridine rings is 1. The fraction of sp³-hybridized carbons (Fsp3) is 0.286. The fourth-order valence-corrected chi connectivity index (χ4v) is 4.22. The minimum absolute atomic E-state index is 0.0404. The molecular formula is C21H20F2N4O2S. The third-order valence-corrected chi connectivity index (χ3v) is 5.85. The van der Waals surface area contributed by atoms with E-state index in [0.29, 0.717) is 18.7 Å². The monoisotopic (exact) mass is 430 g/mol. The number of aromatic nitrogens is 2. The Balaban J connectivity index is 1.55. The molecule has 3 heterocycles. The van der Waals surface area contributed by atoms with Crippen LogP contribution in [-0.2, 0) is 0 Å². The second-order valence-corrected chi connectivity index (χ2v) is 7.86. The molecule has 30 heavy (non-hydrogen) atoms. The topological polar surface area (TPSA) is 78.4 Å². The van der Waals surface area contributed by atoms with Crippen LogP contribution in [-0.4, -0.2) is 39.6 Å². The molecule has 1 atom stereocenters. The van der Waals surface area contributed by atoms with Crippen LogP contribution in [0.1, 0.15) is 29.8 Å². The summed E-state index contributed by atoms with van der Waals surface area (Å²) < 4.78 is 32.4. The molecule has 6 nitrogen and oxygen atoms in total. The van der Waals surface area contributed by atoms with E-state index in [4.69, 9.17) is 0 Å². The Morgan fingerprint density at radius 2 is 1.90 bits per heavy atom. The van der Waals surface area contributed by atoms with Crippen molar-refractivity contribution < 1.29 is 18.7 Å². The number of halogens is 2. The Hall–Kier alpha value is -2.91. The smallest absolute Gasteiger partial charge is 0.274 e. The zero-order valence-corrected chi connectivity index (χ0v) is 16.8. The number of nitrogens with one attached hydrogen (secondary N) is 1. The molecule has 1 fully saturated rings. The van der Waals surface area contributed by atoms with Gasteiger partial charge in [-0.25, -0.2) is 13.8 Å². The van der Waals surface area contributed by atoms with E-state index < -0.39 is 17.5 Å². The number of benzene rings is 1. The van der Waals surface area contributed by atoms with Crippen molar-refractivity contribution in [3.8, 4) is 11.3 Å². The van der Waals surface area contributed by atoms with E-state index in [0.717, 1.165) is 36.5 Å². The van der Waals surface area contributed by atoms with Crippen LogP contribution in [0.15, 0.2) is 42.6 Å². The van der Waals surface area contributed by atoms with E-state index in [1.807, 2.05) is 0 Å². The highest BCUT2D eigenvalue weighted by atomic mass is 32.1. The van der Waals surface area contributed by atoms with Gasteiger partial charge in [0, 0.05) is 13.1 Å². The van der Waals surface area contributed by atoms with Crippen molar-refractivity contribution in [1.29, 1.82) is 0 Å². The third-order valence-electron chi connectivity index (χ3n) is 4.99. The number of aliphatic hydroxyl groups excluding tert-OH is 1. The molecule has 1 aliphatic rings. The molecule has 1 aromatic carbocycles. The molecule has 0 bridgehead atoms. The van der Waals surface area contributed by atoms with Gasteiger partial charge >= 0.3 is 0 Å². The van der Waals surface area contributed by atoms with Crippen LogP contribution < -0.4 is 10.2 Å². The first-order chi connectivity index (χ1) is 14.5. The largest absolute Gasteiger partial charge is 0.393 e. The maximum atomic E-state index is 14.1. The summed E-state index contributed by atoms with van der Waals surface area (Å²) in [6.45, 7) is 1.44. The lowest BCUT2D eigenvalue weighted by molar-refractivity contribution is 0.102. The van der Waals surface area contributed by atoms with Gasteiger partial charge in [0.2, 0.25) is 0 Å². The van der Waals surface area contributed by atoms with E-state index in [9.17, 15) is 18.7 Å². The Morgan fingerprint density at radius 1 is 1.13 bits per heavy atom. The number of carbonyl (C=O) groups is 1. The number of amides is 1. The highest BCUT2D eigenvalue weighted by Gasteiger charge is 2.21. The Labute approximate surface area is 176 Å². The van der Waals surface area contributed by atoms with Crippen LogP contribution in [0, 0.1) is 11.6 Å². The number of hydrogen-bond acceptors (Lipinski definition) is 6. The van der Waals surface area contributed by atoms with Crippen molar-refractivity contribution in [2.24, 2.45) is 0 Å². The highest BCUT2D eigenvalue weighted by Crippen LogP contribution is 2.32. The van der Waals surface area contributed by atoms with Gasteiger partial charge in [-0.3, -0.25) is 4.79 Å². The van der Waals surface area contributed by atoms with Crippen molar-refractivity contribution in [3.63, 3.8) is 0 Å². The first-order valence-electron chi connectivity index (χ1n) is 9.63. The van der Waals surface area contributed by atoms with Crippen LogP contribution in [0.5, 0.6) is 0 Å². The molecule has 1 unspecified atom stereocenters. The first-order valence-corrected chi connectivity index (χ1v) is 10.4. The molecule has 4 rings (SSSR count). The molecule has 0 aliphatic carbocycles. The second kappa shape index (κ2) is 8.85. The van der Waals surface area contributed by atoms with Gasteiger partial charge in [-0.2, -0.15) is 4.37 Å². The lowest BCUT2D eigenvalue weighted by atomic mass is 10.1. The van der Waals surface area contributed by atoms with Gasteiger partial charge in [0.05, 0.1) is 29.2 Å². The maximum Gasteiger partial charge on any atom is 0.274 e. The number of rotatable bonds is 4. The minimum atomic E-state index is -0.743. The lowest BCUT2D eigenvalue weighted by Gasteiger charge is -2.21. The average molecular weight is 430 g/mol. The zero-order chi connectivity index (χ0) is 21.1. The van der Waals surface area contributed by atoms with Gasteiger partial charge in [0.25, 0.3) is 5.91 Å². The Kier molecular flexibility index (Phi) is 6.01. The van der Waals surface area contributed by atoms with Crippen molar-refractivity contribution in [2.75, 3.05) is 23.3 Å². The van der Waals surface area contributed by atoms with E-state index >= 15 is 0 Å². The van der Waals surface area contributed by atoms with E-state index in [1.165, 1.54) is 35.8 Å². The summed E-state index contributed by atoms with van der Waals surface area (Å²) in [5, 5.41) is 13.5. The lowest BCUT2D eigenvalue weighted by Crippen LogP contribution is -2.25. The molecule has 0 saturated carbocycles. The molecule has 0 radical (unpaired) electrons. The number of aliphatic hydroxyl groups is 1. The molecule has 1 aliphatic heterocycles. The summed E-state index contributed by atoms with van der Waals surface area (Å²) in [6, 6.07) is 8.05. The number of hydrogen-bond donors (Lipinski definition) is 2. The minimum Gasteiger partial charge on any atom is -0.393 e. The van der Waals surface area contributed by atoms with Crippen LogP contribution in [0.2, 0.25) is 0 Å². The molecule has 2 aromatic heterocycles. The van der Waals surface area contributed by atoms with E-state index in [2.05, 4.69) is 19.6 Å². The zero-order valence-electron chi connectivity index (χ0n) is 16.0. The molecule has 156 valence electrons.